The molecule has 6 nitrogen and oxygen atoms in total. The molecule has 0 saturated carbocycles. The predicted octanol–water partition coefficient (Wildman–Crippen LogP) is 3.08. The van der Waals surface area contributed by atoms with E-state index in [1.807, 2.05) is 0 Å². The molecule has 0 aliphatic carbocycles. The van der Waals surface area contributed by atoms with Gasteiger partial charge in [0.15, 0.2) is 0 Å². The van der Waals surface area contributed by atoms with Crippen LogP contribution in [0.15, 0.2) is 47.4 Å². The largest absolute Gasteiger partial charge is 0.495 e. The summed E-state index contributed by atoms with van der Waals surface area (Å²) in [5, 5.41) is 0. The molecular weight excluding hydrogens is 361 g/mol. The molecule has 0 spiro atoms. The van der Waals surface area contributed by atoms with Crippen molar-refractivity contribution in [3.8, 4) is 11.5 Å². The van der Waals surface area contributed by atoms with Crippen LogP contribution < -0.4 is 9.47 Å². The highest BCUT2D eigenvalue weighted by molar-refractivity contribution is 7.89. The minimum absolute atomic E-state index is 0.0425. The van der Waals surface area contributed by atoms with Gasteiger partial charge in [0, 0.05) is 13.1 Å². The van der Waals surface area contributed by atoms with E-state index in [4.69, 9.17) is 9.47 Å². The molecular formula is C18H20FNO5S. The zero-order chi connectivity index (χ0) is 19.3. The van der Waals surface area contributed by atoms with E-state index in [9.17, 15) is 17.6 Å². The molecule has 140 valence electrons. The number of methoxy groups -OCH3 is 1. The zero-order valence-corrected chi connectivity index (χ0v) is 15.5. The van der Waals surface area contributed by atoms with Gasteiger partial charge in [0.2, 0.25) is 10.0 Å². The number of benzene rings is 2. The molecule has 2 aromatic rings. The second-order valence-corrected chi connectivity index (χ2v) is 7.20. The van der Waals surface area contributed by atoms with Crippen LogP contribution in [0, 0.1) is 5.82 Å². The standard InChI is InChI=1S/C18H20FNO5S/c1-4-20(5-2)26(22,23)17-12-13(6-11-16(17)24-3)18(21)25-15-9-7-14(19)8-10-15/h6-12H,4-5H2,1-3H3. The molecule has 0 radical (unpaired) electrons. The van der Waals surface area contributed by atoms with E-state index in [-0.39, 0.29) is 35.0 Å². The SMILES string of the molecule is CCN(CC)S(=O)(=O)c1cc(C(=O)Oc2ccc(F)cc2)ccc1OC. The number of sulfonamides is 1. The number of hydrogen-bond acceptors (Lipinski definition) is 5. The van der Waals surface area contributed by atoms with E-state index >= 15 is 0 Å². The van der Waals surface area contributed by atoms with Gasteiger partial charge in [0.1, 0.15) is 22.2 Å². The summed E-state index contributed by atoms with van der Waals surface area (Å²) < 4.78 is 50.1. The van der Waals surface area contributed by atoms with Crippen LogP contribution in [-0.2, 0) is 10.0 Å². The van der Waals surface area contributed by atoms with Gasteiger partial charge in [0.25, 0.3) is 0 Å². The van der Waals surface area contributed by atoms with Crippen LogP contribution in [0.1, 0.15) is 24.2 Å². The molecule has 0 bridgehead atoms. The molecule has 0 N–H and O–H groups in total. The average Bonchev–Trinajstić information content (AvgIpc) is 2.63. The number of rotatable bonds is 7. The van der Waals surface area contributed by atoms with E-state index in [1.165, 1.54) is 41.7 Å². The maximum atomic E-state index is 12.9. The molecule has 0 amide bonds. The lowest BCUT2D eigenvalue weighted by molar-refractivity contribution is 0.0734. The minimum atomic E-state index is -3.83. The van der Waals surface area contributed by atoms with Crippen LogP contribution in [0.5, 0.6) is 11.5 Å². The van der Waals surface area contributed by atoms with Crippen molar-refractivity contribution in [1.82, 2.24) is 4.31 Å². The first-order valence-corrected chi connectivity index (χ1v) is 9.43. The zero-order valence-electron chi connectivity index (χ0n) is 14.7. The number of esters is 1. The van der Waals surface area contributed by atoms with Gasteiger partial charge in [-0.1, -0.05) is 13.8 Å². The van der Waals surface area contributed by atoms with Crippen LogP contribution in [0.4, 0.5) is 4.39 Å². The first-order chi connectivity index (χ1) is 12.3. The summed E-state index contributed by atoms with van der Waals surface area (Å²) in [5.74, 6) is -0.923. The van der Waals surface area contributed by atoms with Crippen molar-refractivity contribution < 1.29 is 27.1 Å². The number of halogens is 1. The second-order valence-electron chi connectivity index (χ2n) is 5.30. The molecule has 0 aliphatic heterocycles. The third kappa shape index (κ3) is 4.20. The van der Waals surface area contributed by atoms with Crippen molar-refractivity contribution in [2.45, 2.75) is 18.7 Å². The lowest BCUT2D eigenvalue weighted by Crippen LogP contribution is -2.31. The smallest absolute Gasteiger partial charge is 0.343 e. The highest BCUT2D eigenvalue weighted by Crippen LogP contribution is 2.28. The summed E-state index contributed by atoms with van der Waals surface area (Å²) in [5.41, 5.74) is 0.0425. The fraction of sp³-hybridized carbons (Fsp3) is 0.278. The van der Waals surface area contributed by atoms with Crippen LogP contribution in [-0.4, -0.2) is 38.9 Å². The van der Waals surface area contributed by atoms with Crippen LogP contribution in [0.25, 0.3) is 0 Å². The van der Waals surface area contributed by atoms with Crippen molar-refractivity contribution in [1.29, 1.82) is 0 Å². The maximum absolute atomic E-state index is 12.9. The topological polar surface area (TPSA) is 72.9 Å². The molecule has 0 aliphatic rings. The van der Waals surface area contributed by atoms with Crippen LogP contribution in [0.3, 0.4) is 0 Å². The third-order valence-electron chi connectivity index (χ3n) is 3.75. The van der Waals surface area contributed by atoms with E-state index in [0.29, 0.717) is 0 Å². The van der Waals surface area contributed by atoms with Crippen molar-refractivity contribution in [2.75, 3.05) is 20.2 Å². The third-order valence-corrected chi connectivity index (χ3v) is 5.82. The highest BCUT2D eigenvalue weighted by atomic mass is 32.2. The monoisotopic (exact) mass is 381 g/mol. The Labute approximate surface area is 152 Å². The Kier molecular flexibility index (Phi) is 6.33. The molecule has 2 rings (SSSR count). The Balaban J connectivity index is 2.39. The van der Waals surface area contributed by atoms with Crippen molar-refractivity contribution in [3.05, 3.63) is 53.8 Å². The Morgan fingerprint density at radius 3 is 2.23 bits per heavy atom. The summed E-state index contributed by atoms with van der Waals surface area (Å²) in [7, 11) is -2.47. The van der Waals surface area contributed by atoms with Crippen LogP contribution >= 0.6 is 0 Å². The molecule has 0 unspecified atom stereocenters. The van der Waals surface area contributed by atoms with Gasteiger partial charge >= 0.3 is 5.97 Å². The number of carbonyl (C=O) groups is 1. The molecule has 8 heteroatoms. The minimum Gasteiger partial charge on any atom is -0.495 e. The number of nitrogens with zero attached hydrogens (tertiary/aromatic N) is 1. The number of ether oxygens (including phenoxy) is 2. The van der Waals surface area contributed by atoms with Crippen molar-refractivity contribution in [3.63, 3.8) is 0 Å². The molecule has 0 saturated heterocycles. The molecule has 0 heterocycles. The summed E-state index contributed by atoms with van der Waals surface area (Å²) in [4.78, 5) is 12.2. The normalized spacial score (nSPS) is 11.4. The van der Waals surface area contributed by atoms with Gasteiger partial charge in [-0.05, 0) is 42.5 Å². The van der Waals surface area contributed by atoms with Crippen molar-refractivity contribution >= 4 is 16.0 Å². The van der Waals surface area contributed by atoms with E-state index in [0.717, 1.165) is 12.1 Å². The van der Waals surface area contributed by atoms with Gasteiger partial charge in [0.05, 0.1) is 12.7 Å². The fourth-order valence-electron chi connectivity index (χ4n) is 2.38. The molecule has 0 atom stereocenters. The summed E-state index contributed by atoms with van der Waals surface area (Å²) in [6.45, 7) is 4.01. The molecule has 26 heavy (non-hydrogen) atoms. The Bertz CT molecular complexity index is 877. The average molecular weight is 381 g/mol. The lowest BCUT2D eigenvalue weighted by atomic mass is 10.2. The molecule has 0 fully saturated rings. The molecule has 0 aromatic heterocycles. The van der Waals surface area contributed by atoms with E-state index in [1.54, 1.807) is 13.8 Å². The maximum Gasteiger partial charge on any atom is 0.343 e. The van der Waals surface area contributed by atoms with Gasteiger partial charge in [-0.15, -0.1) is 0 Å². The summed E-state index contributed by atoms with van der Waals surface area (Å²) >= 11 is 0. The van der Waals surface area contributed by atoms with E-state index < -0.39 is 21.8 Å². The fourth-order valence-corrected chi connectivity index (χ4v) is 4.02. The van der Waals surface area contributed by atoms with E-state index in [2.05, 4.69) is 0 Å². The summed E-state index contributed by atoms with van der Waals surface area (Å²) in [6.07, 6.45) is 0. The quantitative estimate of drug-likeness (QED) is 0.544. The van der Waals surface area contributed by atoms with Gasteiger partial charge < -0.3 is 9.47 Å². The highest BCUT2D eigenvalue weighted by Gasteiger charge is 2.27. The predicted molar refractivity (Wildman–Crippen MR) is 94.5 cm³/mol. The van der Waals surface area contributed by atoms with Crippen molar-refractivity contribution in [2.24, 2.45) is 0 Å². The first-order valence-electron chi connectivity index (χ1n) is 7.99. The number of carbonyl (C=O) groups excluding carboxylic acids is 1. The Morgan fingerprint density at radius 1 is 1.08 bits per heavy atom. The summed E-state index contributed by atoms with van der Waals surface area (Å²) in [6, 6.07) is 8.97. The van der Waals surface area contributed by atoms with Gasteiger partial charge in [-0.3, -0.25) is 0 Å². The lowest BCUT2D eigenvalue weighted by Gasteiger charge is -2.20. The van der Waals surface area contributed by atoms with Gasteiger partial charge in [-0.2, -0.15) is 4.31 Å². The number of hydrogen-bond donors (Lipinski definition) is 0. The van der Waals surface area contributed by atoms with Gasteiger partial charge in [-0.25, -0.2) is 17.6 Å². The second kappa shape index (κ2) is 8.29. The molecule has 2 aromatic carbocycles. The van der Waals surface area contributed by atoms with Crippen LogP contribution in [0.2, 0.25) is 0 Å². The Hall–Kier alpha value is -2.45. The first kappa shape index (κ1) is 19.9. The Morgan fingerprint density at radius 2 is 1.69 bits per heavy atom.